The Morgan fingerprint density at radius 1 is 1.50 bits per heavy atom. The molecule has 5 nitrogen and oxygen atoms in total. The summed E-state index contributed by atoms with van der Waals surface area (Å²) >= 11 is 13.7. The molecule has 1 aromatic carbocycles. The number of hydrogen-bond donors (Lipinski definition) is 1. The summed E-state index contributed by atoms with van der Waals surface area (Å²) in [6.45, 7) is 2.93. The fourth-order valence-corrected chi connectivity index (χ4v) is 3.86. The van der Waals surface area contributed by atoms with E-state index in [1.165, 1.54) is 11.3 Å². The monoisotopic (exact) mass is 414 g/mol. The van der Waals surface area contributed by atoms with E-state index in [9.17, 15) is 4.79 Å². The first-order valence-electron chi connectivity index (χ1n) is 8.44. The maximum Gasteiger partial charge on any atom is 0.254 e. The highest BCUT2D eigenvalue weighted by Gasteiger charge is 2.20. The van der Waals surface area contributed by atoms with Crippen LogP contribution < -0.4 is 5.32 Å². The minimum atomic E-state index is -0.561. The van der Waals surface area contributed by atoms with Gasteiger partial charge in [-0.25, -0.2) is 4.98 Å². The molecule has 1 saturated heterocycles. The van der Waals surface area contributed by atoms with Gasteiger partial charge in [-0.15, -0.1) is 11.3 Å². The Bertz CT molecular complexity index is 763. The number of carbonyl (C=O) groups is 1. The molecule has 1 aromatic heterocycles. The first-order chi connectivity index (χ1) is 12.5. The predicted molar refractivity (Wildman–Crippen MR) is 104 cm³/mol. The second kappa shape index (κ2) is 9.15. The lowest BCUT2D eigenvalue weighted by Gasteiger charge is -2.15. The zero-order chi connectivity index (χ0) is 18.5. The second-order valence-electron chi connectivity index (χ2n) is 6.12. The number of anilines is 1. The van der Waals surface area contributed by atoms with Crippen LogP contribution in [0.2, 0.25) is 10.0 Å². The molecule has 2 aromatic rings. The molecule has 0 spiro atoms. The summed E-state index contributed by atoms with van der Waals surface area (Å²) in [4.78, 5) is 17.5. The van der Waals surface area contributed by atoms with E-state index in [4.69, 9.17) is 32.7 Å². The van der Waals surface area contributed by atoms with Crippen molar-refractivity contribution in [2.24, 2.45) is 0 Å². The Morgan fingerprint density at radius 3 is 3.12 bits per heavy atom. The van der Waals surface area contributed by atoms with Crippen molar-refractivity contribution in [3.63, 3.8) is 0 Å². The van der Waals surface area contributed by atoms with Crippen molar-refractivity contribution in [3.05, 3.63) is 44.9 Å². The lowest BCUT2D eigenvalue weighted by Crippen LogP contribution is -2.30. The SMILES string of the molecule is C[C@H](OC[C@@H]1CCCO1)C(=O)Nc1ncc(Cc2cccc(Cl)c2Cl)s1. The smallest absolute Gasteiger partial charge is 0.254 e. The van der Waals surface area contributed by atoms with Crippen molar-refractivity contribution >= 4 is 45.6 Å². The summed E-state index contributed by atoms with van der Waals surface area (Å²) < 4.78 is 11.1. The van der Waals surface area contributed by atoms with E-state index in [1.807, 2.05) is 12.1 Å². The predicted octanol–water partition coefficient (Wildman–Crippen LogP) is 4.56. The molecule has 2 atom stereocenters. The quantitative estimate of drug-likeness (QED) is 0.720. The molecule has 1 aliphatic rings. The van der Waals surface area contributed by atoms with Crippen molar-refractivity contribution in [1.82, 2.24) is 4.98 Å². The maximum absolute atomic E-state index is 12.2. The van der Waals surface area contributed by atoms with Gasteiger partial charge >= 0.3 is 0 Å². The summed E-state index contributed by atoms with van der Waals surface area (Å²) in [5, 5.41) is 4.40. The largest absolute Gasteiger partial charge is 0.376 e. The normalized spacial score (nSPS) is 18.0. The third kappa shape index (κ3) is 5.18. The molecule has 8 heteroatoms. The fraction of sp³-hybridized carbons (Fsp3) is 0.444. The number of nitrogens with zero attached hydrogens (tertiary/aromatic N) is 1. The first kappa shape index (κ1) is 19.6. The number of amides is 1. The summed E-state index contributed by atoms with van der Waals surface area (Å²) in [5.41, 5.74) is 0.925. The van der Waals surface area contributed by atoms with Gasteiger partial charge in [0.25, 0.3) is 5.91 Å². The number of thiazole rings is 1. The van der Waals surface area contributed by atoms with Gasteiger partial charge in [-0.3, -0.25) is 10.1 Å². The minimum absolute atomic E-state index is 0.0964. The average molecular weight is 415 g/mol. The van der Waals surface area contributed by atoms with Crippen molar-refractivity contribution < 1.29 is 14.3 Å². The van der Waals surface area contributed by atoms with E-state index in [0.29, 0.717) is 28.2 Å². The summed E-state index contributed by atoms with van der Waals surface area (Å²) in [6, 6.07) is 5.54. The summed E-state index contributed by atoms with van der Waals surface area (Å²) in [5.74, 6) is -0.218. The van der Waals surface area contributed by atoms with Gasteiger partial charge in [-0.2, -0.15) is 0 Å². The van der Waals surface area contributed by atoms with Gasteiger partial charge in [-0.05, 0) is 31.4 Å². The number of aromatic nitrogens is 1. The third-order valence-corrected chi connectivity index (χ3v) is 5.88. The van der Waals surface area contributed by atoms with Gasteiger partial charge in [0.1, 0.15) is 6.10 Å². The van der Waals surface area contributed by atoms with Crippen molar-refractivity contribution in [1.29, 1.82) is 0 Å². The van der Waals surface area contributed by atoms with Crippen LogP contribution in [0, 0.1) is 0 Å². The molecule has 1 amide bonds. The molecule has 3 rings (SSSR count). The van der Waals surface area contributed by atoms with Crippen LogP contribution in [0.1, 0.15) is 30.2 Å². The lowest BCUT2D eigenvalue weighted by molar-refractivity contribution is -0.128. The van der Waals surface area contributed by atoms with Gasteiger partial charge < -0.3 is 9.47 Å². The number of benzene rings is 1. The van der Waals surface area contributed by atoms with Crippen LogP contribution in [0.25, 0.3) is 0 Å². The Hall–Kier alpha value is -1.18. The number of rotatable bonds is 7. The molecular weight excluding hydrogens is 395 g/mol. The highest BCUT2D eigenvalue weighted by atomic mass is 35.5. The minimum Gasteiger partial charge on any atom is -0.376 e. The zero-order valence-electron chi connectivity index (χ0n) is 14.3. The zero-order valence-corrected chi connectivity index (χ0v) is 16.7. The molecule has 2 heterocycles. The van der Waals surface area contributed by atoms with E-state index in [0.717, 1.165) is 29.9 Å². The molecule has 0 unspecified atom stereocenters. The summed E-state index contributed by atoms with van der Waals surface area (Å²) in [6.07, 6.45) is 3.91. The number of carbonyl (C=O) groups excluding carboxylic acids is 1. The van der Waals surface area contributed by atoms with Crippen LogP contribution in [0.4, 0.5) is 5.13 Å². The molecule has 1 fully saturated rings. The van der Waals surface area contributed by atoms with Crippen LogP contribution in [0.5, 0.6) is 0 Å². The van der Waals surface area contributed by atoms with E-state index in [2.05, 4.69) is 10.3 Å². The number of ether oxygens (including phenoxy) is 2. The van der Waals surface area contributed by atoms with E-state index >= 15 is 0 Å². The van der Waals surface area contributed by atoms with Crippen molar-refractivity contribution in [2.45, 2.75) is 38.4 Å². The molecule has 1 aliphatic heterocycles. The first-order valence-corrected chi connectivity index (χ1v) is 10.0. The van der Waals surface area contributed by atoms with E-state index in [1.54, 1.807) is 19.2 Å². The Kier molecular flexibility index (Phi) is 6.89. The Labute approximate surface area is 166 Å². The number of hydrogen-bond acceptors (Lipinski definition) is 5. The van der Waals surface area contributed by atoms with Crippen LogP contribution >= 0.6 is 34.5 Å². The highest BCUT2D eigenvalue weighted by molar-refractivity contribution is 7.15. The van der Waals surface area contributed by atoms with Gasteiger partial charge in [0.05, 0.1) is 22.8 Å². The van der Waals surface area contributed by atoms with Gasteiger partial charge in [0.2, 0.25) is 0 Å². The Balaban J connectivity index is 1.52. The molecule has 0 bridgehead atoms. The van der Waals surface area contributed by atoms with Crippen LogP contribution in [0.3, 0.4) is 0 Å². The lowest BCUT2D eigenvalue weighted by atomic mass is 10.1. The molecule has 0 saturated carbocycles. The van der Waals surface area contributed by atoms with Gasteiger partial charge in [0, 0.05) is 24.1 Å². The second-order valence-corrected chi connectivity index (χ2v) is 8.02. The average Bonchev–Trinajstić information content (AvgIpc) is 3.29. The molecule has 0 aliphatic carbocycles. The molecule has 1 N–H and O–H groups in total. The fourth-order valence-electron chi connectivity index (χ4n) is 2.63. The summed E-state index contributed by atoms with van der Waals surface area (Å²) in [7, 11) is 0. The van der Waals surface area contributed by atoms with Crippen LogP contribution in [-0.4, -0.2) is 36.3 Å². The Morgan fingerprint density at radius 2 is 2.35 bits per heavy atom. The van der Waals surface area contributed by atoms with Crippen LogP contribution in [-0.2, 0) is 20.7 Å². The molecule has 140 valence electrons. The molecule has 0 radical (unpaired) electrons. The van der Waals surface area contributed by atoms with Crippen LogP contribution in [0.15, 0.2) is 24.4 Å². The van der Waals surface area contributed by atoms with Crippen molar-refractivity contribution in [3.8, 4) is 0 Å². The number of nitrogens with one attached hydrogen (secondary N) is 1. The van der Waals surface area contributed by atoms with E-state index < -0.39 is 6.10 Å². The van der Waals surface area contributed by atoms with Gasteiger partial charge in [-0.1, -0.05) is 35.3 Å². The molecular formula is C18H20Cl2N2O3S. The van der Waals surface area contributed by atoms with Gasteiger partial charge in [0.15, 0.2) is 5.13 Å². The maximum atomic E-state index is 12.2. The topological polar surface area (TPSA) is 60.5 Å². The standard InChI is InChI=1S/C18H20Cl2N2O3S/c1-11(25-10-13-5-3-7-24-13)17(23)22-18-21-9-14(26-18)8-12-4-2-6-15(19)16(12)20/h2,4,6,9,11,13H,3,5,7-8,10H2,1H3,(H,21,22,23)/t11-,13-/m0/s1. The third-order valence-electron chi connectivity index (χ3n) is 4.11. The molecule has 26 heavy (non-hydrogen) atoms. The van der Waals surface area contributed by atoms with Crippen molar-refractivity contribution in [2.75, 3.05) is 18.5 Å². The highest BCUT2D eigenvalue weighted by Crippen LogP contribution is 2.29. The number of halogens is 2. The van der Waals surface area contributed by atoms with E-state index in [-0.39, 0.29) is 12.0 Å².